The minimum Gasteiger partial charge on any atom is -0.338 e. The van der Waals surface area contributed by atoms with Crippen molar-refractivity contribution in [2.24, 2.45) is 11.3 Å². The molecule has 0 spiro atoms. The lowest BCUT2D eigenvalue weighted by Gasteiger charge is -2.38. The number of rotatable bonds is 4. The lowest BCUT2D eigenvalue weighted by molar-refractivity contribution is -0.144. The van der Waals surface area contributed by atoms with Crippen LogP contribution >= 0.6 is 0 Å². The van der Waals surface area contributed by atoms with E-state index in [9.17, 15) is 18.0 Å². The third kappa shape index (κ3) is 4.80. The number of aromatic nitrogens is 1. The van der Waals surface area contributed by atoms with E-state index in [1.165, 1.54) is 30.7 Å². The molecular weight excluding hydrogens is 475 g/mol. The van der Waals surface area contributed by atoms with Crippen LogP contribution in [-0.4, -0.2) is 34.4 Å². The summed E-state index contributed by atoms with van der Waals surface area (Å²) < 4.78 is 39.9. The first-order chi connectivity index (χ1) is 17.8. The van der Waals surface area contributed by atoms with Crippen LogP contribution < -0.4 is 5.32 Å². The Kier molecular flexibility index (Phi) is 6.54. The van der Waals surface area contributed by atoms with E-state index in [1.807, 2.05) is 17.2 Å². The molecule has 37 heavy (non-hydrogen) atoms. The summed E-state index contributed by atoms with van der Waals surface area (Å²) >= 11 is 0. The normalized spacial score (nSPS) is 31.7. The van der Waals surface area contributed by atoms with Gasteiger partial charge in [-0.1, -0.05) is 25.0 Å². The topological polar surface area (TPSA) is 45.2 Å². The number of carbonyl (C=O) groups is 1. The van der Waals surface area contributed by atoms with E-state index in [0.717, 1.165) is 50.5 Å². The summed E-state index contributed by atoms with van der Waals surface area (Å²) in [4.78, 5) is 20.5. The van der Waals surface area contributed by atoms with Gasteiger partial charge in [0.25, 0.3) is 0 Å². The Balaban J connectivity index is 1.14. The first-order valence-electron chi connectivity index (χ1n) is 14.0. The van der Waals surface area contributed by atoms with E-state index in [0.29, 0.717) is 49.0 Å². The third-order valence-electron chi connectivity index (χ3n) is 9.65. The van der Waals surface area contributed by atoms with Crippen LogP contribution in [0.4, 0.5) is 13.2 Å². The van der Waals surface area contributed by atoms with Crippen LogP contribution in [0.2, 0.25) is 0 Å². The predicted octanol–water partition coefficient (Wildman–Crippen LogP) is 6.25. The van der Waals surface area contributed by atoms with Gasteiger partial charge in [0.15, 0.2) is 0 Å². The summed E-state index contributed by atoms with van der Waals surface area (Å²) in [6, 6.07) is 10.9. The van der Waals surface area contributed by atoms with Crippen molar-refractivity contribution < 1.29 is 18.0 Å². The Hall–Kier alpha value is -2.41. The summed E-state index contributed by atoms with van der Waals surface area (Å²) in [6.45, 7) is 0.886. The second kappa shape index (κ2) is 9.72. The number of pyridine rings is 1. The van der Waals surface area contributed by atoms with Crippen LogP contribution in [0.5, 0.6) is 0 Å². The van der Waals surface area contributed by atoms with Crippen molar-refractivity contribution in [2.45, 2.75) is 94.9 Å². The highest BCUT2D eigenvalue weighted by atomic mass is 19.4. The number of amides is 1. The third-order valence-corrected chi connectivity index (χ3v) is 9.65. The average Bonchev–Trinajstić information content (AvgIpc) is 3.46. The van der Waals surface area contributed by atoms with Crippen LogP contribution in [0.1, 0.15) is 86.1 Å². The number of nitrogens with one attached hydrogen (secondary N) is 1. The van der Waals surface area contributed by atoms with Gasteiger partial charge < -0.3 is 10.2 Å². The zero-order chi connectivity index (χ0) is 25.6. The van der Waals surface area contributed by atoms with Crippen molar-refractivity contribution >= 4 is 5.91 Å². The van der Waals surface area contributed by atoms with E-state index < -0.39 is 11.7 Å². The molecule has 4 nitrogen and oxygen atoms in total. The molecule has 5 atom stereocenters. The SMILES string of the molecule is O=C(N1CCc2ccc(C(F)(F)F)cc2C1)[C@@]12CCC[C@@H]1C[C@@H](N[C@H]1CCC[C@@H](c3ccccn3)C1)C2. The Morgan fingerprint density at radius 1 is 1.03 bits per heavy atom. The fourth-order valence-electron chi connectivity index (χ4n) is 7.90. The number of fused-ring (bicyclic) bond motifs is 2. The second-order valence-electron chi connectivity index (χ2n) is 11.8. The lowest BCUT2D eigenvalue weighted by Crippen LogP contribution is -2.47. The first kappa shape index (κ1) is 24.9. The van der Waals surface area contributed by atoms with Crippen molar-refractivity contribution in [3.63, 3.8) is 0 Å². The van der Waals surface area contributed by atoms with Gasteiger partial charge >= 0.3 is 6.18 Å². The molecule has 0 unspecified atom stereocenters. The van der Waals surface area contributed by atoms with Gasteiger partial charge in [0.05, 0.1) is 11.0 Å². The highest BCUT2D eigenvalue weighted by molar-refractivity contribution is 5.84. The molecule has 2 heterocycles. The maximum atomic E-state index is 14.0. The maximum Gasteiger partial charge on any atom is 0.416 e. The number of alkyl halides is 3. The van der Waals surface area contributed by atoms with Gasteiger partial charge in [0.1, 0.15) is 0 Å². The fourth-order valence-corrected chi connectivity index (χ4v) is 7.90. The molecule has 0 radical (unpaired) electrons. The molecule has 4 aliphatic rings. The molecule has 6 rings (SSSR count). The van der Waals surface area contributed by atoms with E-state index in [-0.39, 0.29) is 11.3 Å². The first-order valence-corrected chi connectivity index (χ1v) is 14.0. The molecule has 1 amide bonds. The molecule has 1 aromatic carbocycles. The molecular formula is C30H36F3N3O. The molecule has 1 N–H and O–H groups in total. The summed E-state index contributed by atoms with van der Waals surface area (Å²) in [7, 11) is 0. The van der Waals surface area contributed by atoms with E-state index in [4.69, 9.17) is 0 Å². The van der Waals surface area contributed by atoms with Crippen molar-refractivity contribution in [1.29, 1.82) is 0 Å². The number of nitrogens with zero attached hydrogens (tertiary/aromatic N) is 2. The fraction of sp³-hybridized carbons (Fsp3) is 0.600. The quantitative estimate of drug-likeness (QED) is 0.528. The largest absolute Gasteiger partial charge is 0.416 e. The van der Waals surface area contributed by atoms with Crippen LogP contribution in [0, 0.1) is 11.3 Å². The molecule has 3 aliphatic carbocycles. The van der Waals surface area contributed by atoms with E-state index >= 15 is 0 Å². The second-order valence-corrected chi connectivity index (χ2v) is 11.8. The molecule has 3 saturated carbocycles. The van der Waals surface area contributed by atoms with Crippen molar-refractivity contribution in [2.75, 3.05) is 6.54 Å². The molecule has 1 aliphatic heterocycles. The zero-order valence-electron chi connectivity index (χ0n) is 21.3. The lowest BCUT2D eigenvalue weighted by atomic mass is 9.78. The summed E-state index contributed by atoms with van der Waals surface area (Å²) in [6.07, 6.45) is 7.68. The van der Waals surface area contributed by atoms with E-state index in [1.54, 1.807) is 6.07 Å². The van der Waals surface area contributed by atoms with Gasteiger partial charge in [-0.3, -0.25) is 9.78 Å². The molecule has 1 aromatic heterocycles. The van der Waals surface area contributed by atoms with Crippen molar-refractivity contribution in [3.05, 3.63) is 65.0 Å². The monoisotopic (exact) mass is 511 g/mol. The number of carbonyl (C=O) groups excluding carboxylic acids is 1. The van der Waals surface area contributed by atoms with Gasteiger partial charge in [0, 0.05) is 43.0 Å². The number of hydrogen-bond acceptors (Lipinski definition) is 3. The minimum atomic E-state index is -4.37. The highest BCUT2D eigenvalue weighted by Gasteiger charge is 2.56. The Morgan fingerprint density at radius 3 is 2.73 bits per heavy atom. The van der Waals surface area contributed by atoms with Gasteiger partial charge in [-0.05, 0) is 92.7 Å². The summed E-state index contributed by atoms with van der Waals surface area (Å²) in [5.41, 5.74) is 1.78. The molecule has 0 bridgehead atoms. The van der Waals surface area contributed by atoms with Gasteiger partial charge in [-0.25, -0.2) is 0 Å². The number of benzene rings is 1. The number of halogens is 3. The van der Waals surface area contributed by atoms with Crippen molar-refractivity contribution in [1.82, 2.24) is 15.2 Å². The molecule has 0 saturated heterocycles. The Labute approximate surface area is 217 Å². The smallest absolute Gasteiger partial charge is 0.338 e. The molecule has 2 aromatic rings. The van der Waals surface area contributed by atoms with Crippen LogP contribution in [-0.2, 0) is 23.9 Å². The highest BCUT2D eigenvalue weighted by Crippen LogP contribution is 2.56. The Morgan fingerprint density at radius 2 is 1.92 bits per heavy atom. The van der Waals surface area contributed by atoms with Gasteiger partial charge in [0.2, 0.25) is 5.91 Å². The van der Waals surface area contributed by atoms with Crippen LogP contribution in [0.3, 0.4) is 0 Å². The zero-order valence-corrected chi connectivity index (χ0v) is 21.3. The maximum absolute atomic E-state index is 14.0. The Bertz CT molecular complexity index is 1140. The predicted molar refractivity (Wildman–Crippen MR) is 136 cm³/mol. The van der Waals surface area contributed by atoms with Crippen molar-refractivity contribution in [3.8, 4) is 0 Å². The molecule has 198 valence electrons. The van der Waals surface area contributed by atoms with Gasteiger partial charge in [-0.2, -0.15) is 13.2 Å². The van der Waals surface area contributed by atoms with Crippen LogP contribution in [0.25, 0.3) is 0 Å². The number of hydrogen-bond donors (Lipinski definition) is 1. The van der Waals surface area contributed by atoms with E-state index in [2.05, 4.69) is 22.4 Å². The summed E-state index contributed by atoms with van der Waals surface area (Å²) in [5, 5.41) is 3.94. The average molecular weight is 512 g/mol. The molecule has 7 heteroatoms. The minimum absolute atomic E-state index is 0.178. The molecule has 3 fully saturated rings. The summed E-state index contributed by atoms with van der Waals surface area (Å²) in [5.74, 6) is 1.03. The standard InChI is InChI=1S/C30H36F3N3O/c31-30(32,33)24-10-9-20-11-14-36(19-22(20)15-24)28(37)29-12-4-6-23(29)17-26(18-29)35-25-7-3-5-21(16-25)27-8-1-2-13-34-27/h1-2,8-10,13,15,21,23,25-26,35H,3-7,11-12,14,16-19H2/t21-,23-,25+,26-,29-/m1/s1. The van der Waals surface area contributed by atoms with Gasteiger partial charge in [-0.15, -0.1) is 0 Å². The van der Waals surface area contributed by atoms with Crippen LogP contribution in [0.15, 0.2) is 42.6 Å².